The summed E-state index contributed by atoms with van der Waals surface area (Å²) in [4.78, 5) is -0.0949. The topological polar surface area (TPSA) is 64.4 Å². The Labute approximate surface area is 170 Å². The standard InChI is InChI=1S/C21H24FN3O3S/c1-24(29(26,27)18-11-12-21(28-3)19(22)15-18)13-7-10-17-14-20(25(2)23-17)16-8-5-4-6-9-16/h4-6,8-9,11-12,14-15H,7,10,13H2,1-3H3. The van der Waals surface area contributed by atoms with Crippen molar-refractivity contribution in [3.63, 3.8) is 0 Å². The second-order valence-electron chi connectivity index (χ2n) is 6.74. The molecule has 8 heteroatoms. The average molecular weight is 418 g/mol. The molecule has 6 nitrogen and oxygen atoms in total. The molecule has 0 aliphatic heterocycles. The maximum absolute atomic E-state index is 13.9. The molecule has 3 rings (SSSR count). The highest BCUT2D eigenvalue weighted by Crippen LogP contribution is 2.23. The molecule has 1 aromatic heterocycles. The summed E-state index contributed by atoms with van der Waals surface area (Å²) in [6.07, 6.45) is 1.23. The Morgan fingerprint density at radius 1 is 1.14 bits per heavy atom. The minimum atomic E-state index is -3.77. The zero-order valence-electron chi connectivity index (χ0n) is 16.7. The Bertz CT molecular complexity index is 1080. The van der Waals surface area contributed by atoms with Gasteiger partial charge in [-0.15, -0.1) is 0 Å². The van der Waals surface area contributed by atoms with E-state index in [0.717, 1.165) is 23.0 Å². The summed E-state index contributed by atoms with van der Waals surface area (Å²) in [5.41, 5.74) is 2.98. The quantitative estimate of drug-likeness (QED) is 0.563. The molecule has 0 saturated heterocycles. The van der Waals surface area contributed by atoms with Gasteiger partial charge in [0.05, 0.1) is 23.4 Å². The first-order chi connectivity index (χ1) is 13.8. The molecule has 2 aromatic carbocycles. The molecule has 0 amide bonds. The molecule has 0 spiro atoms. The molecule has 154 valence electrons. The van der Waals surface area contributed by atoms with E-state index in [9.17, 15) is 12.8 Å². The fourth-order valence-electron chi connectivity index (χ4n) is 3.12. The molecule has 0 N–H and O–H groups in total. The van der Waals surface area contributed by atoms with E-state index in [0.29, 0.717) is 19.4 Å². The first-order valence-electron chi connectivity index (χ1n) is 9.21. The Balaban J connectivity index is 1.64. The fraction of sp³-hybridized carbons (Fsp3) is 0.286. The van der Waals surface area contributed by atoms with Crippen molar-refractivity contribution in [3.05, 3.63) is 66.1 Å². The van der Waals surface area contributed by atoms with Gasteiger partial charge in [0.2, 0.25) is 10.0 Å². The van der Waals surface area contributed by atoms with E-state index in [2.05, 4.69) is 5.10 Å². The van der Waals surface area contributed by atoms with Gasteiger partial charge in [-0.25, -0.2) is 17.1 Å². The largest absolute Gasteiger partial charge is 0.494 e. The second kappa shape index (κ2) is 8.75. The highest BCUT2D eigenvalue weighted by Gasteiger charge is 2.22. The monoisotopic (exact) mass is 417 g/mol. The van der Waals surface area contributed by atoms with Crippen molar-refractivity contribution in [2.45, 2.75) is 17.7 Å². The number of halogens is 1. The first-order valence-corrected chi connectivity index (χ1v) is 10.6. The van der Waals surface area contributed by atoms with Crippen molar-refractivity contribution in [1.29, 1.82) is 0 Å². The van der Waals surface area contributed by atoms with Crippen LogP contribution in [0, 0.1) is 5.82 Å². The van der Waals surface area contributed by atoms with Crippen molar-refractivity contribution in [2.75, 3.05) is 20.7 Å². The van der Waals surface area contributed by atoms with Gasteiger partial charge in [0.1, 0.15) is 0 Å². The lowest BCUT2D eigenvalue weighted by Crippen LogP contribution is -2.28. The maximum atomic E-state index is 13.9. The third kappa shape index (κ3) is 4.65. The lowest BCUT2D eigenvalue weighted by molar-refractivity contribution is 0.385. The molecule has 1 heterocycles. The normalized spacial score (nSPS) is 11.8. The number of nitrogens with zero attached hydrogens (tertiary/aromatic N) is 3. The summed E-state index contributed by atoms with van der Waals surface area (Å²) in [6.45, 7) is 0.299. The van der Waals surface area contributed by atoms with Crippen LogP contribution in [0.2, 0.25) is 0 Å². The third-order valence-electron chi connectivity index (χ3n) is 4.74. The molecule has 0 aliphatic rings. The molecule has 29 heavy (non-hydrogen) atoms. The number of sulfonamides is 1. The number of ether oxygens (including phenoxy) is 1. The molecule has 3 aromatic rings. The van der Waals surface area contributed by atoms with Crippen molar-refractivity contribution >= 4 is 10.0 Å². The summed E-state index contributed by atoms with van der Waals surface area (Å²) in [5.74, 6) is -0.695. The first kappa shape index (κ1) is 21.0. The van der Waals surface area contributed by atoms with Gasteiger partial charge in [0.15, 0.2) is 11.6 Å². The number of rotatable bonds is 8. The lowest BCUT2D eigenvalue weighted by Gasteiger charge is -2.17. The fourth-order valence-corrected chi connectivity index (χ4v) is 4.34. The highest BCUT2D eigenvalue weighted by atomic mass is 32.2. The van der Waals surface area contributed by atoms with E-state index >= 15 is 0 Å². The third-order valence-corrected chi connectivity index (χ3v) is 6.59. The minimum Gasteiger partial charge on any atom is -0.494 e. The highest BCUT2D eigenvalue weighted by molar-refractivity contribution is 7.89. The molecule has 0 atom stereocenters. The number of hydrogen-bond donors (Lipinski definition) is 0. The van der Waals surface area contributed by atoms with Gasteiger partial charge < -0.3 is 4.74 Å². The van der Waals surface area contributed by atoms with Crippen molar-refractivity contribution in [1.82, 2.24) is 14.1 Å². The molecule has 0 aliphatic carbocycles. The van der Waals surface area contributed by atoms with Crippen LogP contribution in [-0.4, -0.2) is 43.2 Å². The molecule has 0 bridgehead atoms. The van der Waals surface area contributed by atoms with Crippen molar-refractivity contribution in [2.24, 2.45) is 7.05 Å². The minimum absolute atomic E-state index is 0.0102. The van der Waals surface area contributed by atoms with Gasteiger partial charge in [-0.2, -0.15) is 5.10 Å². The number of benzene rings is 2. The Morgan fingerprint density at radius 3 is 2.52 bits per heavy atom. The van der Waals surface area contributed by atoms with Crippen molar-refractivity contribution < 1.29 is 17.5 Å². The summed E-state index contributed by atoms with van der Waals surface area (Å²) in [7, 11) is 0.939. The predicted octanol–water partition coefficient (Wildman–Crippen LogP) is 3.49. The Kier molecular flexibility index (Phi) is 6.34. The zero-order valence-corrected chi connectivity index (χ0v) is 17.5. The summed E-state index contributed by atoms with van der Waals surface area (Å²) in [5, 5.41) is 4.52. The Hall–Kier alpha value is -2.71. The van der Waals surface area contributed by atoms with Crippen LogP contribution in [0.3, 0.4) is 0 Å². The van der Waals surface area contributed by atoms with E-state index in [4.69, 9.17) is 4.74 Å². The van der Waals surface area contributed by atoms with Crippen LogP contribution in [0.1, 0.15) is 12.1 Å². The molecule has 0 saturated carbocycles. The van der Waals surface area contributed by atoms with Gasteiger partial charge in [-0.3, -0.25) is 4.68 Å². The van der Waals surface area contributed by atoms with Crippen LogP contribution in [-0.2, 0) is 23.5 Å². The summed E-state index contributed by atoms with van der Waals surface area (Å²) < 4.78 is 47.1. The van der Waals surface area contributed by atoms with Crippen LogP contribution in [0.15, 0.2) is 59.5 Å². The number of methoxy groups -OCH3 is 1. The SMILES string of the molecule is COc1ccc(S(=O)(=O)N(C)CCCc2cc(-c3ccccc3)n(C)n2)cc1F. The molecular weight excluding hydrogens is 393 g/mol. The zero-order chi connectivity index (χ0) is 21.0. The number of aryl methyl sites for hydroxylation is 2. The summed E-state index contributed by atoms with van der Waals surface area (Å²) >= 11 is 0. The average Bonchev–Trinajstić information content (AvgIpc) is 3.08. The van der Waals surface area contributed by atoms with E-state index in [1.165, 1.54) is 30.6 Å². The number of hydrogen-bond acceptors (Lipinski definition) is 4. The summed E-state index contributed by atoms with van der Waals surface area (Å²) in [6, 6.07) is 15.6. The van der Waals surface area contributed by atoms with Crippen LogP contribution in [0.25, 0.3) is 11.3 Å². The van der Waals surface area contributed by atoms with Gasteiger partial charge in [-0.1, -0.05) is 30.3 Å². The van der Waals surface area contributed by atoms with Crippen LogP contribution in [0.5, 0.6) is 5.75 Å². The van der Waals surface area contributed by atoms with E-state index in [1.54, 1.807) is 0 Å². The van der Waals surface area contributed by atoms with E-state index in [1.807, 2.05) is 48.1 Å². The maximum Gasteiger partial charge on any atom is 0.242 e. The van der Waals surface area contributed by atoms with Crippen LogP contribution >= 0.6 is 0 Å². The lowest BCUT2D eigenvalue weighted by atomic mass is 10.1. The van der Waals surface area contributed by atoms with Crippen LogP contribution in [0.4, 0.5) is 4.39 Å². The van der Waals surface area contributed by atoms with Gasteiger partial charge in [0, 0.05) is 20.6 Å². The van der Waals surface area contributed by atoms with Gasteiger partial charge >= 0.3 is 0 Å². The van der Waals surface area contributed by atoms with E-state index in [-0.39, 0.29) is 10.6 Å². The van der Waals surface area contributed by atoms with Gasteiger partial charge in [0.25, 0.3) is 0 Å². The number of aromatic nitrogens is 2. The van der Waals surface area contributed by atoms with Crippen molar-refractivity contribution in [3.8, 4) is 17.0 Å². The second-order valence-corrected chi connectivity index (χ2v) is 8.78. The molecule has 0 radical (unpaired) electrons. The molecule has 0 unspecified atom stereocenters. The Morgan fingerprint density at radius 2 is 1.86 bits per heavy atom. The van der Waals surface area contributed by atoms with E-state index < -0.39 is 15.8 Å². The van der Waals surface area contributed by atoms with Crippen LogP contribution < -0.4 is 4.74 Å². The smallest absolute Gasteiger partial charge is 0.242 e. The molecular formula is C21H24FN3O3S. The molecule has 0 fully saturated rings. The van der Waals surface area contributed by atoms with Gasteiger partial charge in [-0.05, 0) is 42.7 Å². The predicted molar refractivity (Wildman–Crippen MR) is 110 cm³/mol.